The van der Waals surface area contributed by atoms with Gasteiger partial charge in [0.05, 0.1) is 12.7 Å². The Hall–Kier alpha value is -0.610. The van der Waals surface area contributed by atoms with Gasteiger partial charge in [-0.2, -0.15) is 0 Å². The number of carbonyl (C=O) groups is 1. The monoisotopic (exact) mass is 270 g/mol. The first-order valence-corrected chi connectivity index (χ1v) is 7.58. The topological polar surface area (TPSA) is 41.6 Å². The van der Waals surface area contributed by atoms with Crippen molar-refractivity contribution in [1.29, 1.82) is 0 Å². The highest BCUT2D eigenvalue weighted by molar-refractivity contribution is 5.75. The van der Waals surface area contributed by atoms with Crippen molar-refractivity contribution < 1.29 is 9.53 Å². The highest BCUT2D eigenvalue weighted by Crippen LogP contribution is 2.08. The normalized spacial score (nSPS) is 21.1. The maximum absolute atomic E-state index is 11.7. The van der Waals surface area contributed by atoms with Crippen molar-refractivity contribution in [1.82, 2.24) is 10.2 Å². The Morgan fingerprint density at radius 1 is 1.32 bits per heavy atom. The van der Waals surface area contributed by atoms with E-state index in [1.54, 1.807) is 0 Å². The summed E-state index contributed by atoms with van der Waals surface area (Å²) in [6.45, 7) is 13.2. The standard InChI is InChI=1S/C15H30N2O2/c1-12(2)5-6-15(18)16-9-14-11-17(7-8-19-14)10-13(3)4/h12-14H,5-11H2,1-4H3,(H,16,18). The molecular formula is C15H30N2O2. The minimum atomic E-state index is 0.149. The smallest absolute Gasteiger partial charge is 0.220 e. The van der Waals surface area contributed by atoms with E-state index in [9.17, 15) is 4.79 Å². The van der Waals surface area contributed by atoms with Crippen LogP contribution in [0.25, 0.3) is 0 Å². The summed E-state index contributed by atoms with van der Waals surface area (Å²) in [6, 6.07) is 0. The summed E-state index contributed by atoms with van der Waals surface area (Å²) < 4.78 is 5.71. The van der Waals surface area contributed by atoms with E-state index in [0.717, 1.165) is 32.7 Å². The van der Waals surface area contributed by atoms with E-state index >= 15 is 0 Å². The Morgan fingerprint density at radius 3 is 2.68 bits per heavy atom. The molecule has 0 spiro atoms. The van der Waals surface area contributed by atoms with Crippen LogP contribution in [0.5, 0.6) is 0 Å². The van der Waals surface area contributed by atoms with Gasteiger partial charge in [-0.3, -0.25) is 9.69 Å². The third kappa shape index (κ3) is 7.53. The zero-order valence-electron chi connectivity index (χ0n) is 12.9. The molecular weight excluding hydrogens is 240 g/mol. The molecule has 1 N–H and O–H groups in total. The molecule has 1 heterocycles. The van der Waals surface area contributed by atoms with Gasteiger partial charge in [0.1, 0.15) is 0 Å². The predicted octanol–water partition coefficient (Wildman–Crippen LogP) is 1.90. The van der Waals surface area contributed by atoms with Gasteiger partial charge in [-0.1, -0.05) is 27.7 Å². The van der Waals surface area contributed by atoms with Gasteiger partial charge in [0.2, 0.25) is 5.91 Å². The molecule has 0 bridgehead atoms. The summed E-state index contributed by atoms with van der Waals surface area (Å²) >= 11 is 0. The van der Waals surface area contributed by atoms with Crippen molar-refractivity contribution in [2.75, 3.05) is 32.8 Å². The third-order valence-corrected chi connectivity index (χ3v) is 3.32. The lowest BCUT2D eigenvalue weighted by Crippen LogP contribution is -2.48. The van der Waals surface area contributed by atoms with Crippen LogP contribution in [0.15, 0.2) is 0 Å². The lowest BCUT2D eigenvalue weighted by atomic mass is 10.1. The average molecular weight is 270 g/mol. The molecule has 1 unspecified atom stereocenters. The molecule has 19 heavy (non-hydrogen) atoms. The Bertz CT molecular complexity index is 267. The highest BCUT2D eigenvalue weighted by Gasteiger charge is 2.21. The number of hydrogen-bond donors (Lipinski definition) is 1. The SMILES string of the molecule is CC(C)CCC(=O)NCC1CN(CC(C)C)CCO1. The molecule has 0 aromatic rings. The van der Waals surface area contributed by atoms with E-state index in [1.807, 2.05) is 0 Å². The Kier molecular flexibility index (Phi) is 7.39. The summed E-state index contributed by atoms with van der Waals surface area (Å²) in [5.74, 6) is 1.41. The van der Waals surface area contributed by atoms with Gasteiger partial charge in [0.25, 0.3) is 0 Å². The number of hydrogen-bond acceptors (Lipinski definition) is 3. The summed E-state index contributed by atoms with van der Waals surface area (Å²) in [5, 5.41) is 2.99. The Morgan fingerprint density at radius 2 is 2.05 bits per heavy atom. The second-order valence-electron chi connectivity index (χ2n) is 6.38. The zero-order chi connectivity index (χ0) is 14.3. The van der Waals surface area contributed by atoms with E-state index < -0.39 is 0 Å². The van der Waals surface area contributed by atoms with E-state index in [-0.39, 0.29) is 12.0 Å². The zero-order valence-corrected chi connectivity index (χ0v) is 12.9. The minimum absolute atomic E-state index is 0.149. The van der Waals surface area contributed by atoms with Crippen LogP contribution in [0.2, 0.25) is 0 Å². The van der Waals surface area contributed by atoms with E-state index in [4.69, 9.17) is 4.74 Å². The third-order valence-electron chi connectivity index (χ3n) is 3.32. The Balaban J connectivity index is 2.19. The number of nitrogens with one attached hydrogen (secondary N) is 1. The van der Waals surface area contributed by atoms with E-state index in [1.165, 1.54) is 0 Å². The minimum Gasteiger partial charge on any atom is -0.374 e. The van der Waals surface area contributed by atoms with Gasteiger partial charge in [0.15, 0.2) is 0 Å². The van der Waals surface area contributed by atoms with Gasteiger partial charge >= 0.3 is 0 Å². The quantitative estimate of drug-likeness (QED) is 0.768. The fraction of sp³-hybridized carbons (Fsp3) is 0.933. The fourth-order valence-corrected chi connectivity index (χ4v) is 2.32. The van der Waals surface area contributed by atoms with Crippen molar-refractivity contribution in [3.05, 3.63) is 0 Å². The molecule has 0 radical (unpaired) electrons. The maximum atomic E-state index is 11.7. The fourth-order valence-electron chi connectivity index (χ4n) is 2.32. The lowest BCUT2D eigenvalue weighted by Gasteiger charge is -2.34. The number of nitrogens with zero attached hydrogens (tertiary/aromatic N) is 1. The molecule has 1 saturated heterocycles. The van der Waals surface area contributed by atoms with E-state index in [0.29, 0.717) is 24.8 Å². The van der Waals surface area contributed by atoms with Crippen molar-refractivity contribution in [3.63, 3.8) is 0 Å². The van der Waals surface area contributed by atoms with Crippen LogP contribution >= 0.6 is 0 Å². The molecule has 1 aliphatic rings. The number of amides is 1. The molecule has 1 atom stereocenters. The molecule has 1 rings (SSSR count). The molecule has 4 nitrogen and oxygen atoms in total. The average Bonchev–Trinajstić information content (AvgIpc) is 2.33. The van der Waals surface area contributed by atoms with Gasteiger partial charge < -0.3 is 10.1 Å². The number of ether oxygens (including phenoxy) is 1. The lowest BCUT2D eigenvalue weighted by molar-refractivity contribution is -0.122. The maximum Gasteiger partial charge on any atom is 0.220 e. The molecule has 0 aromatic heterocycles. The Labute approximate surface area is 117 Å². The highest BCUT2D eigenvalue weighted by atomic mass is 16.5. The van der Waals surface area contributed by atoms with Crippen molar-refractivity contribution in [3.8, 4) is 0 Å². The molecule has 0 saturated carbocycles. The van der Waals surface area contributed by atoms with Crippen LogP contribution in [0, 0.1) is 11.8 Å². The van der Waals surface area contributed by atoms with Crippen molar-refractivity contribution in [2.45, 2.75) is 46.6 Å². The van der Waals surface area contributed by atoms with Crippen LogP contribution in [0.1, 0.15) is 40.5 Å². The van der Waals surface area contributed by atoms with Crippen LogP contribution in [-0.4, -0.2) is 49.7 Å². The first-order chi connectivity index (χ1) is 8.97. The summed E-state index contributed by atoms with van der Waals surface area (Å²) in [5.41, 5.74) is 0. The van der Waals surface area contributed by atoms with Crippen LogP contribution in [-0.2, 0) is 9.53 Å². The summed E-state index contributed by atoms with van der Waals surface area (Å²) in [6.07, 6.45) is 1.73. The number of rotatable bonds is 7. The van der Waals surface area contributed by atoms with Gasteiger partial charge in [0, 0.05) is 32.6 Å². The second kappa shape index (κ2) is 8.54. The molecule has 1 fully saturated rings. The molecule has 0 aromatic carbocycles. The van der Waals surface area contributed by atoms with Gasteiger partial charge in [-0.25, -0.2) is 0 Å². The number of morpholine rings is 1. The van der Waals surface area contributed by atoms with Crippen LogP contribution < -0.4 is 5.32 Å². The molecule has 1 aliphatic heterocycles. The van der Waals surface area contributed by atoms with Gasteiger partial charge in [-0.05, 0) is 18.3 Å². The van der Waals surface area contributed by atoms with Gasteiger partial charge in [-0.15, -0.1) is 0 Å². The van der Waals surface area contributed by atoms with Crippen LogP contribution in [0.4, 0.5) is 0 Å². The van der Waals surface area contributed by atoms with E-state index in [2.05, 4.69) is 37.9 Å². The number of carbonyl (C=O) groups excluding carboxylic acids is 1. The summed E-state index contributed by atoms with van der Waals surface area (Å²) in [7, 11) is 0. The van der Waals surface area contributed by atoms with Crippen LogP contribution in [0.3, 0.4) is 0 Å². The summed E-state index contributed by atoms with van der Waals surface area (Å²) in [4.78, 5) is 14.1. The largest absolute Gasteiger partial charge is 0.374 e. The predicted molar refractivity (Wildman–Crippen MR) is 78.1 cm³/mol. The first-order valence-electron chi connectivity index (χ1n) is 7.58. The van der Waals surface area contributed by atoms with Crippen molar-refractivity contribution >= 4 is 5.91 Å². The molecule has 4 heteroatoms. The molecule has 0 aliphatic carbocycles. The first kappa shape index (κ1) is 16.4. The molecule has 112 valence electrons. The van der Waals surface area contributed by atoms with Crippen molar-refractivity contribution in [2.24, 2.45) is 11.8 Å². The second-order valence-corrected chi connectivity index (χ2v) is 6.38. The molecule has 1 amide bonds.